The molecule has 170 valence electrons. The normalized spacial score (nSPS) is 14.6. The number of hydrogen-bond acceptors (Lipinski definition) is 6. The molecule has 2 N–H and O–H groups in total. The van der Waals surface area contributed by atoms with Gasteiger partial charge in [0.2, 0.25) is 0 Å². The van der Waals surface area contributed by atoms with Crippen molar-refractivity contribution in [2.24, 2.45) is 4.99 Å². The molecule has 0 spiro atoms. The maximum atomic E-state index is 5.57. The number of aromatic nitrogens is 1. The third-order valence-corrected chi connectivity index (χ3v) is 5.05. The molecule has 0 bridgehead atoms. The van der Waals surface area contributed by atoms with Crippen molar-refractivity contribution in [3.63, 3.8) is 0 Å². The van der Waals surface area contributed by atoms with Crippen LogP contribution in [0.4, 0.5) is 11.5 Å². The van der Waals surface area contributed by atoms with Crippen LogP contribution in [-0.4, -0.2) is 69.8 Å². The number of nitrogens with one attached hydrogen (secondary N) is 2. The lowest BCUT2D eigenvalue weighted by molar-refractivity contribution is 0.311. The van der Waals surface area contributed by atoms with Gasteiger partial charge in [-0.2, -0.15) is 0 Å². The zero-order valence-corrected chi connectivity index (χ0v) is 21.1. The molecule has 0 atom stereocenters. The predicted octanol–water partition coefficient (Wildman–Crippen LogP) is 3.05. The zero-order chi connectivity index (χ0) is 21.3. The fraction of sp³-hybridized carbons (Fsp3) is 0.455. The van der Waals surface area contributed by atoms with Gasteiger partial charge in [0, 0.05) is 57.7 Å². The molecule has 0 aliphatic carbocycles. The summed E-state index contributed by atoms with van der Waals surface area (Å²) in [7, 11) is 5.53. The Hall–Kier alpha value is -2.27. The van der Waals surface area contributed by atoms with Crippen molar-refractivity contribution in [3.8, 4) is 11.5 Å². The Labute approximate surface area is 202 Å². The molecular weight excluding hydrogens is 507 g/mol. The van der Waals surface area contributed by atoms with E-state index in [2.05, 4.69) is 49.6 Å². The van der Waals surface area contributed by atoms with Crippen LogP contribution in [0, 0.1) is 0 Å². The molecule has 1 aromatic carbocycles. The lowest BCUT2D eigenvalue weighted by Crippen LogP contribution is -2.44. The van der Waals surface area contributed by atoms with Crippen molar-refractivity contribution >= 4 is 41.4 Å². The largest absolute Gasteiger partial charge is 0.493 e. The molecule has 31 heavy (non-hydrogen) atoms. The van der Waals surface area contributed by atoms with E-state index in [1.54, 1.807) is 14.2 Å². The van der Waals surface area contributed by atoms with Crippen LogP contribution in [0.3, 0.4) is 0 Å². The van der Waals surface area contributed by atoms with Gasteiger partial charge in [-0.05, 0) is 37.7 Å². The summed E-state index contributed by atoms with van der Waals surface area (Å²) in [5.41, 5.74) is 1.96. The smallest absolute Gasteiger partial charge is 0.195 e. The van der Waals surface area contributed by atoms with Gasteiger partial charge in [0.15, 0.2) is 17.5 Å². The van der Waals surface area contributed by atoms with E-state index in [1.807, 2.05) is 31.3 Å². The number of likely N-dealkylation sites (N-methyl/N-ethyl adjacent to an activating group) is 1. The molecule has 8 nitrogen and oxygen atoms in total. The molecule has 1 fully saturated rings. The zero-order valence-electron chi connectivity index (χ0n) is 18.7. The van der Waals surface area contributed by atoms with Crippen molar-refractivity contribution in [2.45, 2.75) is 13.5 Å². The predicted molar refractivity (Wildman–Crippen MR) is 137 cm³/mol. The summed E-state index contributed by atoms with van der Waals surface area (Å²) in [6, 6.07) is 9.92. The van der Waals surface area contributed by atoms with Gasteiger partial charge in [-0.1, -0.05) is 6.07 Å². The summed E-state index contributed by atoms with van der Waals surface area (Å²) in [6.07, 6.45) is 1.92. The van der Waals surface area contributed by atoms with Crippen molar-refractivity contribution in [1.29, 1.82) is 0 Å². The van der Waals surface area contributed by atoms with Gasteiger partial charge in [0.05, 0.1) is 13.7 Å². The molecule has 3 rings (SSSR count). The third kappa shape index (κ3) is 7.13. The molecule has 1 saturated heterocycles. The van der Waals surface area contributed by atoms with Crippen molar-refractivity contribution in [1.82, 2.24) is 15.2 Å². The minimum absolute atomic E-state index is 0. The first-order valence-electron chi connectivity index (χ1n) is 10.3. The molecule has 2 heterocycles. The van der Waals surface area contributed by atoms with Crippen LogP contribution in [0.1, 0.15) is 12.5 Å². The van der Waals surface area contributed by atoms with E-state index in [0.29, 0.717) is 24.9 Å². The van der Waals surface area contributed by atoms with Crippen molar-refractivity contribution in [3.05, 3.63) is 42.1 Å². The average Bonchev–Trinajstić information content (AvgIpc) is 2.78. The van der Waals surface area contributed by atoms with Crippen molar-refractivity contribution in [2.75, 3.05) is 64.2 Å². The highest BCUT2D eigenvalue weighted by atomic mass is 127. The quantitative estimate of drug-likeness (QED) is 0.318. The van der Waals surface area contributed by atoms with E-state index in [1.165, 1.54) is 0 Å². The van der Waals surface area contributed by atoms with E-state index in [0.717, 1.165) is 49.0 Å². The van der Waals surface area contributed by atoms with Gasteiger partial charge in [-0.25, -0.2) is 4.98 Å². The minimum Gasteiger partial charge on any atom is -0.493 e. The lowest BCUT2D eigenvalue weighted by atomic mass is 10.2. The van der Waals surface area contributed by atoms with Gasteiger partial charge in [-0.15, -0.1) is 24.0 Å². The number of guanidine groups is 1. The highest BCUT2D eigenvalue weighted by molar-refractivity contribution is 14.0. The fourth-order valence-electron chi connectivity index (χ4n) is 3.27. The second-order valence-corrected chi connectivity index (χ2v) is 7.16. The lowest BCUT2D eigenvalue weighted by Gasteiger charge is -2.33. The molecule has 0 unspecified atom stereocenters. The maximum Gasteiger partial charge on any atom is 0.195 e. The summed E-state index contributed by atoms with van der Waals surface area (Å²) in [4.78, 5) is 13.6. The molecule has 0 radical (unpaired) electrons. The summed E-state index contributed by atoms with van der Waals surface area (Å²) in [5, 5.41) is 6.60. The number of ether oxygens (including phenoxy) is 2. The number of rotatable bonds is 7. The number of piperazine rings is 1. The average molecular weight is 540 g/mol. The van der Waals surface area contributed by atoms with Gasteiger partial charge in [0.1, 0.15) is 5.82 Å². The van der Waals surface area contributed by atoms with Crippen LogP contribution in [0.25, 0.3) is 0 Å². The first-order chi connectivity index (χ1) is 14.6. The van der Waals surface area contributed by atoms with Crippen LogP contribution < -0.4 is 25.0 Å². The first-order valence-corrected chi connectivity index (χ1v) is 10.3. The summed E-state index contributed by atoms with van der Waals surface area (Å²) >= 11 is 0. The highest BCUT2D eigenvalue weighted by Crippen LogP contribution is 2.30. The minimum atomic E-state index is 0. The number of aliphatic imine (C=N–C) groups is 1. The number of benzene rings is 1. The van der Waals surface area contributed by atoms with Crippen LogP contribution in [-0.2, 0) is 6.54 Å². The Morgan fingerprint density at radius 3 is 2.52 bits per heavy atom. The first kappa shape index (κ1) is 25.0. The molecule has 2 aromatic rings. The Morgan fingerprint density at radius 1 is 1.13 bits per heavy atom. The van der Waals surface area contributed by atoms with Crippen LogP contribution >= 0.6 is 24.0 Å². The van der Waals surface area contributed by atoms with Gasteiger partial charge in [-0.3, -0.25) is 4.99 Å². The number of halogens is 1. The Morgan fingerprint density at radius 2 is 1.90 bits per heavy atom. The Bertz CT molecular complexity index is 838. The molecule has 0 amide bonds. The van der Waals surface area contributed by atoms with Crippen LogP contribution in [0.15, 0.2) is 41.5 Å². The van der Waals surface area contributed by atoms with Crippen molar-refractivity contribution < 1.29 is 9.47 Å². The van der Waals surface area contributed by atoms with Gasteiger partial charge < -0.3 is 29.9 Å². The van der Waals surface area contributed by atoms with E-state index in [-0.39, 0.29) is 24.0 Å². The number of hydrogen-bond donors (Lipinski definition) is 2. The summed E-state index contributed by atoms with van der Waals surface area (Å²) < 4.78 is 11.0. The monoisotopic (exact) mass is 540 g/mol. The topological polar surface area (TPSA) is 74.3 Å². The Balaban J connectivity index is 0.00000341. The second-order valence-electron chi connectivity index (χ2n) is 7.16. The third-order valence-electron chi connectivity index (χ3n) is 5.05. The van der Waals surface area contributed by atoms with E-state index in [9.17, 15) is 0 Å². The van der Waals surface area contributed by atoms with E-state index in [4.69, 9.17) is 9.47 Å². The van der Waals surface area contributed by atoms with Crippen LogP contribution in [0.5, 0.6) is 11.5 Å². The molecule has 0 saturated carbocycles. The number of anilines is 2. The van der Waals surface area contributed by atoms with Gasteiger partial charge >= 0.3 is 0 Å². The molecule has 9 heteroatoms. The molecule has 1 aliphatic rings. The van der Waals surface area contributed by atoms with Crippen LogP contribution in [0.2, 0.25) is 0 Å². The van der Waals surface area contributed by atoms with Gasteiger partial charge in [0.25, 0.3) is 0 Å². The SMILES string of the molecule is CCOc1ccc(NC(=NC)NCc2ccc(N3CCN(C)CC3)nc2)cc1OC.I. The summed E-state index contributed by atoms with van der Waals surface area (Å²) in [6.45, 7) is 7.35. The van der Waals surface area contributed by atoms with E-state index >= 15 is 0 Å². The molecular formula is C22H33IN6O2. The summed E-state index contributed by atoms with van der Waals surface area (Å²) in [5.74, 6) is 3.11. The number of methoxy groups -OCH3 is 1. The molecule has 1 aromatic heterocycles. The highest BCUT2D eigenvalue weighted by Gasteiger charge is 2.15. The second kappa shape index (κ2) is 12.6. The Kier molecular flexibility index (Phi) is 10.1. The molecule has 1 aliphatic heterocycles. The number of nitrogens with zero attached hydrogens (tertiary/aromatic N) is 4. The van der Waals surface area contributed by atoms with E-state index < -0.39 is 0 Å². The standard InChI is InChI=1S/C22H32N6O2.HI/c1-5-30-19-8-7-18(14-20(19)29-4)26-22(23-2)25-16-17-6-9-21(24-15-17)28-12-10-27(3)11-13-28;/h6-9,14-15H,5,10-13,16H2,1-4H3,(H2,23,25,26);1H. The fourth-order valence-corrected chi connectivity index (χ4v) is 3.27. The number of pyridine rings is 1. The maximum absolute atomic E-state index is 5.57.